The molecule has 2 aliphatic rings. The van der Waals surface area contributed by atoms with Crippen molar-refractivity contribution < 1.29 is 4.39 Å². The van der Waals surface area contributed by atoms with E-state index in [1.807, 2.05) is 30.3 Å². The molecule has 0 unspecified atom stereocenters. The van der Waals surface area contributed by atoms with Crippen molar-refractivity contribution >= 4 is 22.8 Å². The highest BCUT2D eigenvalue weighted by atomic mass is 19.1. The molecule has 0 spiro atoms. The van der Waals surface area contributed by atoms with Crippen LogP contribution in [0.4, 0.5) is 10.1 Å². The van der Waals surface area contributed by atoms with E-state index < -0.39 is 0 Å². The van der Waals surface area contributed by atoms with Crippen LogP contribution in [-0.4, -0.2) is 29.0 Å². The fourth-order valence-electron chi connectivity index (χ4n) is 4.82. The zero-order valence-corrected chi connectivity index (χ0v) is 17.6. The normalized spacial score (nSPS) is 17.8. The first-order chi connectivity index (χ1) is 15.2. The Kier molecular flexibility index (Phi) is 5.53. The molecule has 31 heavy (non-hydrogen) atoms. The van der Waals surface area contributed by atoms with Crippen molar-refractivity contribution in [3.05, 3.63) is 70.0 Å². The summed E-state index contributed by atoms with van der Waals surface area (Å²) >= 11 is 0. The van der Waals surface area contributed by atoms with Gasteiger partial charge in [0.05, 0.1) is 22.8 Å². The molecule has 1 aliphatic heterocycles. The number of rotatable bonds is 4. The van der Waals surface area contributed by atoms with E-state index >= 15 is 0 Å². The number of hydrogen-bond acceptors (Lipinski definition) is 4. The number of hydrogen-bond donors (Lipinski definition) is 0. The quantitative estimate of drug-likeness (QED) is 0.556. The molecule has 2 fully saturated rings. The Morgan fingerprint density at radius 2 is 1.77 bits per heavy atom. The Hall–Kier alpha value is -3.02. The summed E-state index contributed by atoms with van der Waals surface area (Å²) in [5.41, 5.74) is 1.81. The maximum Gasteiger partial charge on any atom is 0.282 e. The van der Waals surface area contributed by atoms with Gasteiger partial charge in [-0.05, 0) is 55.5 Å². The van der Waals surface area contributed by atoms with Crippen LogP contribution in [0.2, 0.25) is 0 Å². The lowest BCUT2D eigenvalue weighted by Crippen LogP contribution is -2.25. The van der Waals surface area contributed by atoms with E-state index in [0.717, 1.165) is 51.6 Å². The smallest absolute Gasteiger partial charge is 0.282 e. The molecule has 6 heteroatoms. The Balaban J connectivity index is 1.53. The molecule has 1 aromatic heterocycles. The maximum atomic E-state index is 14.7. The van der Waals surface area contributed by atoms with E-state index in [1.165, 1.54) is 17.2 Å². The second-order valence-electron chi connectivity index (χ2n) is 8.59. The van der Waals surface area contributed by atoms with Crippen molar-refractivity contribution in [1.29, 1.82) is 0 Å². The Bertz CT molecular complexity index is 1170. The van der Waals surface area contributed by atoms with Crippen LogP contribution in [0, 0.1) is 5.82 Å². The topological polar surface area (TPSA) is 50.5 Å². The van der Waals surface area contributed by atoms with Crippen molar-refractivity contribution in [1.82, 2.24) is 9.66 Å². The van der Waals surface area contributed by atoms with Gasteiger partial charge in [0.2, 0.25) is 0 Å². The highest BCUT2D eigenvalue weighted by Gasteiger charge is 2.22. The number of fused-ring (bicyclic) bond motifs is 1. The van der Waals surface area contributed by atoms with E-state index in [2.05, 4.69) is 10.0 Å². The van der Waals surface area contributed by atoms with Gasteiger partial charge in [-0.15, -0.1) is 0 Å². The minimum absolute atomic E-state index is 0.170. The summed E-state index contributed by atoms with van der Waals surface area (Å²) in [6.45, 7) is 1.79. The van der Waals surface area contributed by atoms with Crippen molar-refractivity contribution in [2.75, 3.05) is 18.0 Å². The van der Waals surface area contributed by atoms with Crippen molar-refractivity contribution in [2.45, 2.75) is 50.9 Å². The predicted molar refractivity (Wildman–Crippen MR) is 123 cm³/mol. The third kappa shape index (κ3) is 3.99. The van der Waals surface area contributed by atoms with Gasteiger partial charge in [0, 0.05) is 19.0 Å². The van der Waals surface area contributed by atoms with Crippen LogP contribution in [-0.2, 0) is 0 Å². The molecule has 1 saturated carbocycles. The molecule has 2 aromatic carbocycles. The number of para-hydroxylation sites is 1. The first kappa shape index (κ1) is 19.9. The minimum Gasteiger partial charge on any atom is -0.369 e. The molecule has 3 aromatic rings. The maximum absolute atomic E-state index is 14.7. The molecule has 0 amide bonds. The SMILES string of the molecule is O=c1c2ccccc2nc(C2CCCCC2)n1N=Cc1ccc(N2CCCC2)c(F)c1. The number of nitrogens with zero attached hydrogens (tertiary/aromatic N) is 4. The average molecular weight is 419 g/mol. The summed E-state index contributed by atoms with van der Waals surface area (Å²) in [5, 5.41) is 5.06. The summed E-state index contributed by atoms with van der Waals surface area (Å²) in [6, 6.07) is 12.6. The molecule has 160 valence electrons. The lowest BCUT2D eigenvalue weighted by atomic mass is 9.88. The van der Waals surface area contributed by atoms with Gasteiger partial charge in [0.1, 0.15) is 11.6 Å². The molecule has 0 N–H and O–H groups in total. The summed E-state index contributed by atoms with van der Waals surface area (Å²) in [6.07, 6.45) is 9.30. The van der Waals surface area contributed by atoms with Crippen LogP contribution in [0.15, 0.2) is 52.4 Å². The zero-order valence-electron chi connectivity index (χ0n) is 17.6. The van der Waals surface area contributed by atoms with Crippen LogP contribution < -0.4 is 10.5 Å². The van der Waals surface area contributed by atoms with Crippen LogP contribution >= 0.6 is 0 Å². The molecule has 1 aliphatic carbocycles. The summed E-state index contributed by atoms with van der Waals surface area (Å²) in [7, 11) is 0. The molecular formula is C25H27FN4O. The highest BCUT2D eigenvalue weighted by molar-refractivity contribution is 5.81. The van der Waals surface area contributed by atoms with E-state index in [9.17, 15) is 9.18 Å². The van der Waals surface area contributed by atoms with Gasteiger partial charge in [-0.25, -0.2) is 9.37 Å². The van der Waals surface area contributed by atoms with Gasteiger partial charge in [0.15, 0.2) is 0 Å². The van der Waals surface area contributed by atoms with Crippen LogP contribution in [0.5, 0.6) is 0 Å². The van der Waals surface area contributed by atoms with Crippen LogP contribution in [0.25, 0.3) is 10.9 Å². The average Bonchev–Trinajstić information content (AvgIpc) is 3.34. The summed E-state index contributed by atoms with van der Waals surface area (Å²) in [4.78, 5) is 20.1. The predicted octanol–water partition coefficient (Wildman–Crippen LogP) is 5.07. The lowest BCUT2D eigenvalue weighted by Gasteiger charge is -2.22. The van der Waals surface area contributed by atoms with Crippen molar-refractivity contribution in [3.8, 4) is 0 Å². The van der Waals surface area contributed by atoms with Gasteiger partial charge >= 0.3 is 0 Å². The molecule has 0 radical (unpaired) electrons. The number of benzene rings is 2. The fourth-order valence-corrected chi connectivity index (χ4v) is 4.82. The zero-order chi connectivity index (χ0) is 21.2. The fraction of sp³-hybridized carbons (Fsp3) is 0.400. The van der Waals surface area contributed by atoms with Gasteiger partial charge in [-0.1, -0.05) is 37.5 Å². The number of aromatic nitrogens is 2. The van der Waals surface area contributed by atoms with Crippen molar-refractivity contribution in [2.24, 2.45) is 5.10 Å². The standard InChI is InChI=1S/C25H27FN4O/c26-21-16-18(12-13-23(21)29-14-6-7-15-29)17-27-30-24(19-8-2-1-3-9-19)28-22-11-5-4-10-20(22)25(30)31/h4-5,10-13,16-17,19H,1-3,6-9,14-15H2. The van der Waals surface area contributed by atoms with E-state index in [1.54, 1.807) is 12.3 Å². The van der Waals surface area contributed by atoms with Crippen molar-refractivity contribution in [3.63, 3.8) is 0 Å². The molecule has 0 bridgehead atoms. The summed E-state index contributed by atoms with van der Waals surface area (Å²) in [5.74, 6) is 0.689. The molecule has 5 nitrogen and oxygen atoms in total. The van der Waals surface area contributed by atoms with Gasteiger partial charge in [-0.2, -0.15) is 9.78 Å². The largest absolute Gasteiger partial charge is 0.369 e. The van der Waals surface area contributed by atoms with E-state index in [4.69, 9.17) is 4.98 Å². The highest BCUT2D eigenvalue weighted by Crippen LogP contribution is 2.32. The Morgan fingerprint density at radius 1 is 1.00 bits per heavy atom. The van der Waals surface area contributed by atoms with Crippen LogP contribution in [0.3, 0.4) is 0 Å². The molecular weight excluding hydrogens is 391 g/mol. The number of halogens is 1. The third-order valence-corrected chi connectivity index (χ3v) is 6.49. The second-order valence-corrected chi connectivity index (χ2v) is 8.59. The Labute approximate surface area is 181 Å². The minimum atomic E-state index is -0.248. The molecule has 0 atom stereocenters. The third-order valence-electron chi connectivity index (χ3n) is 6.49. The van der Waals surface area contributed by atoms with E-state index in [0.29, 0.717) is 28.0 Å². The second kappa shape index (κ2) is 8.61. The molecule has 5 rings (SSSR count). The monoisotopic (exact) mass is 418 g/mol. The Morgan fingerprint density at radius 3 is 2.55 bits per heavy atom. The van der Waals surface area contributed by atoms with Gasteiger partial charge in [0.25, 0.3) is 5.56 Å². The van der Waals surface area contributed by atoms with Gasteiger partial charge < -0.3 is 4.90 Å². The lowest BCUT2D eigenvalue weighted by molar-refractivity contribution is 0.416. The van der Waals surface area contributed by atoms with Crippen LogP contribution in [0.1, 0.15) is 62.3 Å². The van der Waals surface area contributed by atoms with Gasteiger partial charge in [-0.3, -0.25) is 4.79 Å². The molecule has 1 saturated heterocycles. The number of anilines is 1. The molecule has 2 heterocycles. The van der Waals surface area contributed by atoms with E-state index in [-0.39, 0.29) is 17.3 Å². The first-order valence-corrected chi connectivity index (χ1v) is 11.3. The first-order valence-electron chi connectivity index (χ1n) is 11.3. The summed E-state index contributed by atoms with van der Waals surface area (Å²) < 4.78 is 16.1.